The quantitative estimate of drug-likeness (QED) is 0.623. The summed E-state index contributed by atoms with van der Waals surface area (Å²) in [6.45, 7) is 5.64. The van der Waals surface area contributed by atoms with Crippen LogP contribution in [0.3, 0.4) is 0 Å². The highest BCUT2D eigenvalue weighted by atomic mass is 16.5. The Bertz CT molecular complexity index is 519. The molecule has 1 aliphatic heterocycles. The second-order valence-corrected chi connectivity index (χ2v) is 6.50. The van der Waals surface area contributed by atoms with Crippen LogP contribution in [0.25, 0.3) is 0 Å². The summed E-state index contributed by atoms with van der Waals surface area (Å²) in [4.78, 5) is 9.00. The summed E-state index contributed by atoms with van der Waals surface area (Å²) in [5.41, 5.74) is 1.21. The van der Waals surface area contributed by atoms with Gasteiger partial charge in [-0.3, -0.25) is 9.67 Å². The number of nitrogens with zero attached hydrogens (tertiary/aromatic N) is 5. The van der Waals surface area contributed by atoms with Crippen molar-refractivity contribution < 1.29 is 4.74 Å². The van der Waals surface area contributed by atoms with Crippen molar-refractivity contribution in [2.45, 2.75) is 31.9 Å². The van der Waals surface area contributed by atoms with Gasteiger partial charge in [0.25, 0.3) is 0 Å². The average Bonchev–Trinajstić information content (AvgIpc) is 2.98. The Kier molecular flexibility index (Phi) is 7.05. The van der Waals surface area contributed by atoms with E-state index in [2.05, 4.69) is 52.4 Å². The molecule has 136 valence electrons. The molecular weight excluding hydrogens is 304 g/mol. The molecule has 0 aromatic carbocycles. The summed E-state index contributed by atoms with van der Waals surface area (Å²) in [7, 11) is 7.99. The third kappa shape index (κ3) is 4.95. The summed E-state index contributed by atoms with van der Waals surface area (Å²) >= 11 is 0. The molecule has 0 bridgehead atoms. The number of aliphatic imine (C=N–C) groups is 1. The van der Waals surface area contributed by atoms with E-state index in [9.17, 15) is 0 Å². The molecule has 1 aromatic heterocycles. The number of likely N-dealkylation sites (N-methyl/N-ethyl adjacent to an activating group) is 1. The number of hydrogen-bond acceptors (Lipinski definition) is 4. The van der Waals surface area contributed by atoms with Crippen LogP contribution in [0.2, 0.25) is 0 Å². The minimum absolute atomic E-state index is 0.261. The maximum absolute atomic E-state index is 5.73. The molecule has 7 heteroatoms. The van der Waals surface area contributed by atoms with E-state index in [-0.39, 0.29) is 6.04 Å². The Hall–Kier alpha value is -1.60. The Morgan fingerprint density at radius 2 is 2.17 bits per heavy atom. The molecule has 0 spiro atoms. The van der Waals surface area contributed by atoms with E-state index >= 15 is 0 Å². The highest BCUT2D eigenvalue weighted by Crippen LogP contribution is 2.17. The van der Waals surface area contributed by atoms with Crippen molar-refractivity contribution in [1.29, 1.82) is 0 Å². The molecule has 1 atom stereocenters. The molecule has 0 saturated carbocycles. The van der Waals surface area contributed by atoms with Gasteiger partial charge < -0.3 is 19.9 Å². The average molecular weight is 336 g/mol. The van der Waals surface area contributed by atoms with Crippen molar-refractivity contribution in [3.05, 3.63) is 18.0 Å². The maximum Gasteiger partial charge on any atom is 0.193 e. The molecule has 1 fully saturated rings. The normalized spacial score (nSPS) is 18.2. The number of hydrogen-bond donors (Lipinski definition) is 1. The summed E-state index contributed by atoms with van der Waals surface area (Å²) in [5.74, 6) is 0.973. The van der Waals surface area contributed by atoms with Gasteiger partial charge in [-0.1, -0.05) is 0 Å². The molecule has 0 amide bonds. The van der Waals surface area contributed by atoms with Gasteiger partial charge >= 0.3 is 0 Å². The summed E-state index contributed by atoms with van der Waals surface area (Å²) in [6, 6.07) is 0.261. The fraction of sp³-hybridized carbons (Fsp3) is 0.765. The van der Waals surface area contributed by atoms with Crippen LogP contribution in [0.5, 0.6) is 0 Å². The number of guanidine groups is 1. The Labute approximate surface area is 145 Å². The number of ether oxygens (including phenoxy) is 1. The third-order valence-corrected chi connectivity index (χ3v) is 4.54. The van der Waals surface area contributed by atoms with Gasteiger partial charge in [0.1, 0.15) is 0 Å². The highest BCUT2D eigenvalue weighted by Gasteiger charge is 2.23. The van der Waals surface area contributed by atoms with Crippen LogP contribution in [-0.2, 0) is 11.8 Å². The number of nitrogens with one attached hydrogen (secondary N) is 1. The van der Waals surface area contributed by atoms with Crippen LogP contribution in [0, 0.1) is 0 Å². The lowest BCUT2D eigenvalue weighted by molar-refractivity contribution is 0.0263. The van der Waals surface area contributed by atoms with Crippen LogP contribution in [-0.4, -0.2) is 79.0 Å². The van der Waals surface area contributed by atoms with E-state index in [1.54, 1.807) is 0 Å². The first kappa shape index (κ1) is 18.7. The molecule has 0 aliphatic carbocycles. The van der Waals surface area contributed by atoms with Crippen LogP contribution in [0.4, 0.5) is 0 Å². The minimum atomic E-state index is 0.261. The summed E-state index contributed by atoms with van der Waals surface area (Å²) < 4.78 is 7.58. The van der Waals surface area contributed by atoms with Gasteiger partial charge in [-0.15, -0.1) is 0 Å². The van der Waals surface area contributed by atoms with Gasteiger partial charge in [0, 0.05) is 52.1 Å². The topological polar surface area (TPSA) is 57.9 Å². The van der Waals surface area contributed by atoms with Crippen molar-refractivity contribution in [2.24, 2.45) is 12.0 Å². The fourth-order valence-corrected chi connectivity index (χ4v) is 3.20. The summed E-state index contributed by atoms with van der Waals surface area (Å²) in [6.07, 6.45) is 6.53. The Morgan fingerprint density at radius 3 is 2.67 bits per heavy atom. The zero-order valence-electron chi connectivity index (χ0n) is 15.7. The van der Waals surface area contributed by atoms with Gasteiger partial charge in [0.05, 0.1) is 18.3 Å². The SMILES string of the molecule is CCOC1CCN(C(=NC)NCC(c2cnn(C)c2)N(C)C)CC1. The maximum atomic E-state index is 5.73. The monoisotopic (exact) mass is 336 g/mol. The van der Waals surface area contributed by atoms with Gasteiger partial charge in [0.15, 0.2) is 5.96 Å². The second-order valence-electron chi connectivity index (χ2n) is 6.50. The lowest BCUT2D eigenvalue weighted by Gasteiger charge is -2.35. The predicted molar refractivity (Wildman–Crippen MR) is 97.2 cm³/mol. The number of piperidine rings is 1. The fourth-order valence-electron chi connectivity index (χ4n) is 3.20. The van der Waals surface area contributed by atoms with Crippen LogP contribution in [0.15, 0.2) is 17.4 Å². The molecule has 2 heterocycles. The molecule has 1 unspecified atom stereocenters. The van der Waals surface area contributed by atoms with Crippen molar-refractivity contribution in [1.82, 2.24) is 24.9 Å². The molecule has 1 aliphatic rings. The molecule has 1 aromatic rings. The minimum Gasteiger partial charge on any atom is -0.378 e. The van der Waals surface area contributed by atoms with E-state index in [4.69, 9.17) is 4.74 Å². The Balaban J connectivity index is 1.90. The van der Waals surface area contributed by atoms with Gasteiger partial charge in [-0.25, -0.2) is 0 Å². The van der Waals surface area contributed by atoms with Crippen LogP contribution in [0.1, 0.15) is 31.4 Å². The van der Waals surface area contributed by atoms with Gasteiger partial charge in [-0.05, 0) is 33.9 Å². The van der Waals surface area contributed by atoms with Crippen LogP contribution >= 0.6 is 0 Å². The van der Waals surface area contributed by atoms with E-state index in [1.807, 2.05) is 25.0 Å². The molecular formula is C17H32N6O. The second kappa shape index (κ2) is 9.03. The molecule has 0 radical (unpaired) electrons. The number of aryl methyl sites for hydroxylation is 1. The van der Waals surface area contributed by atoms with E-state index < -0.39 is 0 Å². The molecule has 24 heavy (non-hydrogen) atoms. The van der Waals surface area contributed by atoms with E-state index in [0.29, 0.717) is 6.10 Å². The predicted octanol–water partition coefficient (Wildman–Crippen LogP) is 1.10. The number of aromatic nitrogens is 2. The zero-order chi connectivity index (χ0) is 17.5. The van der Waals surface area contributed by atoms with Crippen molar-refractivity contribution in [2.75, 3.05) is 47.4 Å². The highest BCUT2D eigenvalue weighted by molar-refractivity contribution is 5.80. The van der Waals surface area contributed by atoms with Gasteiger partial charge in [0.2, 0.25) is 0 Å². The molecule has 1 saturated heterocycles. The first-order valence-electron chi connectivity index (χ1n) is 8.77. The first-order chi connectivity index (χ1) is 11.5. The number of likely N-dealkylation sites (tertiary alicyclic amines) is 1. The Morgan fingerprint density at radius 1 is 1.46 bits per heavy atom. The first-order valence-corrected chi connectivity index (χ1v) is 8.77. The van der Waals surface area contributed by atoms with Crippen molar-refractivity contribution >= 4 is 5.96 Å². The molecule has 1 N–H and O–H groups in total. The lowest BCUT2D eigenvalue weighted by Crippen LogP contribution is -2.48. The van der Waals surface area contributed by atoms with Crippen molar-refractivity contribution in [3.8, 4) is 0 Å². The van der Waals surface area contributed by atoms with E-state index in [0.717, 1.165) is 45.0 Å². The molecule has 2 rings (SSSR count). The zero-order valence-corrected chi connectivity index (χ0v) is 15.7. The van der Waals surface area contributed by atoms with Crippen molar-refractivity contribution in [3.63, 3.8) is 0 Å². The standard InChI is InChI=1S/C17H32N6O/c1-6-24-15-7-9-23(10-8-15)17(18-2)19-12-16(21(3)4)14-11-20-22(5)13-14/h11,13,15-16H,6-10,12H2,1-5H3,(H,18,19). The summed E-state index contributed by atoms with van der Waals surface area (Å²) in [5, 5.41) is 7.82. The smallest absolute Gasteiger partial charge is 0.193 e. The number of rotatable bonds is 6. The van der Waals surface area contributed by atoms with Gasteiger partial charge in [-0.2, -0.15) is 5.10 Å². The largest absolute Gasteiger partial charge is 0.378 e. The lowest BCUT2D eigenvalue weighted by atomic mass is 10.1. The molecule has 7 nitrogen and oxygen atoms in total. The van der Waals surface area contributed by atoms with Crippen LogP contribution < -0.4 is 5.32 Å². The van der Waals surface area contributed by atoms with E-state index in [1.165, 1.54) is 5.56 Å². The third-order valence-electron chi connectivity index (χ3n) is 4.54.